The summed E-state index contributed by atoms with van der Waals surface area (Å²) in [5.41, 5.74) is 2.20. The maximum absolute atomic E-state index is 15.5. The van der Waals surface area contributed by atoms with E-state index in [-0.39, 0.29) is 82.7 Å². The molecule has 0 aromatic carbocycles. The van der Waals surface area contributed by atoms with Crippen molar-refractivity contribution in [1.29, 1.82) is 0 Å². The molecule has 1 amide bonds. The molecule has 0 spiro atoms. The molecule has 15 atom stereocenters. The minimum Gasteiger partial charge on any atom is -0.456 e. The van der Waals surface area contributed by atoms with Crippen LogP contribution >= 0.6 is 0 Å². The maximum atomic E-state index is 15.5. The van der Waals surface area contributed by atoms with Crippen LogP contribution in [0.25, 0.3) is 0 Å². The van der Waals surface area contributed by atoms with Crippen LogP contribution < -0.4 is 5.32 Å². The number of unbranched alkanes of at least 4 members (excludes halogenated alkanes) is 1. The number of allylic oxidation sites excluding steroid dienone is 3. The molecule has 85 heavy (non-hydrogen) atoms. The molecule has 4 bridgehead atoms. The number of amides is 1. The molecular weight excluding hydrogens is 1130 g/mol. The number of carbonyl (C=O) groups is 4. The molecule has 4 rings (SSSR count). The van der Waals surface area contributed by atoms with Crippen molar-refractivity contribution in [2.24, 2.45) is 29.6 Å². The van der Waals surface area contributed by atoms with Gasteiger partial charge in [-0.1, -0.05) is 134 Å². The number of ether oxygens (including phenoxy) is 7. The molecular formula is C65H117NO16Si3. The standard InChI is InChI=1S/C65H117NO16Si3/c1-24-50-34-44(10)33-45(11)35-56(73-19)59-57(74-20)37-47(13)65(71,78-59)60(67)61(68)66-51(29-27-25-26-28-32-76-63(70)75-21)62(69)77-58(46(12)36-49-30-31-52(55(38-49)72-18)79-83(22,23)64(15,16)17)48(14)53-39-54(50)81-85(42(6)7,43(8)9)82-84(80-53,40(2)3)41(4)5/h26,28,34,36,40-43,45,47-59,71H,24-25,27,29-33,35,37-39H2,1-23H3,(H,66,68)/b28-26+,44-34+,46-36+/t45-,47+,48+,49-,50+,51+,52+,53-,54-,55+,56-,57-,58+,59+,65+/m0/s1. The molecule has 2 N–H and O–H groups in total. The molecule has 2 saturated heterocycles. The average Bonchev–Trinajstić information content (AvgIpc) is 0.997. The van der Waals surface area contributed by atoms with E-state index in [0.717, 1.165) is 24.8 Å². The summed E-state index contributed by atoms with van der Waals surface area (Å²) in [4.78, 5) is 56.5. The number of aliphatic hydroxyl groups is 1. The minimum absolute atomic E-state index is 0.0154. The predicted octanol–water partition coefficient (Wildman–Crippen LogP) is 13.5. The number of rotatable bonds is 18. The zero-order chi connectivity index (χ0) is 64.2. The van der Waals surface area contributed by atoms with Gasteiger partial charge in [-0.25, -0.2) is 9.59 Å². The van der Waals surface area contributed by atoms with Crippen molar-refractivity contribution in [3.8, 4) is 0 Å². The minimum atomic E-state index is -3.26. The molecule has 0 aromatic rings. The summed E-state index contributed by atoms with van der Waals surface area (Å²) in [6.45, 7) is 41.4. The van der Waals surface area contributed by atoms with Gasteiger partial charge in [0.1, 0.15) is 24.9 Å². The van der Waals surface area contributed by atoms with E-state index in [0.29, 0.717) is 38.5 Å². The van der Waals surface area contributed by atoms with Gasteiger partial charge in [-0.05, 0) is 142 Å². The molecule has 0 aromatic heterocycles. The third-order valence-corrected chi connectivity index (χ3v) is 34.4. The second kappa shape index (κ2) is 32.4. The fourth-order valence-electron chi connectivity index (χ4n) is 13.4. The van der Waals surface area contributed by atoms with Gasteiger partial charge in [0.15, 0.2) is 8.32 Å². The molecule has 1 saturated carbocycles. The number of nitrogens with one attached hydrogen (secondary N) is 1. The van der Waals surface area contributed by atoms with E-state index in [9.17, 15) is 19.5 Å². The van der Waals surface area contributed by atoms with Gasteiger partial charge in [-0.3, -0.25) is 9.59 Å². The quantitative estimate of drug-likeness (QED) is 0.0431. The second-order valence-electron chi connectivity index (χ2n) is 28.2. The van der Waals surface area contributed by atoms with Gasteiger partial charge in [0.25, 0.3) is 11.7 Å². The molecule has 0 radical (unpaired) electrons. The third kappa shape index (κ3) is 18.8. The lowest BCUT2D eigenvalue weighted by atomic mass is 9.81. The molecule has 3 aliphatic heterocycles. The van der Waals surface area contributed by atoms with Crippen LogP contribution in [0.4, 0.5) is 4.79 Å². The van der Waals surface area contributed by atoms with E-state index in [1.54, 1.807) is 40.4 Å². The fourth-order valence-corrected chi connectivity index (χ4v) is 26.2. The van der Waals surface area contributed by atoms with Crippen LogP contribution in [0.2, 0.25) is 40.3 Å². The Morgan fingerprint density at radius 3 is 1.94 bits per heavy atom. The number of fused-ring (bicyclic) bond motifs is 4. The normalized spacial score (nSPS) is 34.3. The van der Waals surface area contributed by atoms with Crippen molar-refractivity contribution >= 4 is 49.3 Å². The zero-order valence-corrected chi connectivity index (χ0v) is 59.8. The highest BCUT2D eigenvalue weighted by molar-refractivity contribution is 6.84. The molecule has 4 aliphatic rings. The Hall–Kier alpha value is -2.61. The van der Waals surface area contributed by atoms with Crippen molar-refractivity contribution in [3.63, 3.8) is 0 Å². The smallest absolute Gasteiger partial charge is 0.456 e. The van der Waals surface area contributed by atoms with Crippen molar-refractivity contribution in [2.75, 3.05) is 35.0 Å². The van der Waals surface area contributed by atoms with E-state index in [4.69, 9.17) is 45.8 Å². The lowest BCUT2D eigenvalue weighted by Gasteiger charge is -2.54. The van der Waals surface area contributed by atoms with Crippen molar-refractivity contribution in [3.05, 3.63) is 35.5 Å². The Balaban J connectivity index is 2.02. The highest BCUT2D eigenvalue weighted by Crippen LogP contribution is 2.50. The Kier molecular flexibility index (Phi) is 28.5. The van der Waals surface area contributed by atoms with E-state index in [1.165, 1.54) is 12.7 Å². The molecule has 1 aliphatic carbocycles. The second-order valence-corrected chi connectivity index (χ2v) is 41.8. The van der Waals surface area contributed by atoms with Gasteiger partial charge in [0.05, 0.1) is 43.7 Å². The largest absolute Gasteiger partial charge is 0.508 e. The number of carbonyl (C=O) groups excluding carboxylic acids is 4. The lowest BCUT2D eigenvalue weighted by molar-refractivity contribution is -0.302. The molecule has 0 unspecified atom stereocenters. The molecule has 490 valence electrons. The Morgan fingerprint density at radius 2 is 1.40 bits per heavy atom. The lowest BCUT2D eigenvalue weighted by Crippen LogP contribution is -2.66. The van der Waals surface area contributed by atoms with E-state index >= 15 is 4.79 Å². The fraction of sp³-hybridized carbons (Fsp3) is 0.846. The van der Waals surface area contributed by atoms with Gasteiger partial charge in [0, 0.05) is 39.1 Å². The Labute approximate surface area is 516 Å². The van der Waals surface area contributed by atoms with Gasteiger partial charge < -0.3 is 61.0 Å². The summed E-state index contributed by atoms with van der Waals surface area (Å²) in [5, 5.41) is 15.2. The van der Waals surface area contributed by atoms with Crippen LogP contribution in [-0.4, -0.2) is 150 Å². The first-order valence-corrected chi connectivity index (χ1v) is 39.0. The SMILES string of the molecule is CC[C@@H]1/C=C(\C)C[C@H](C)C[C@H](OC)[C@H]2O[C@@](O)(C(=O)C(=O)N[C@H](CCC/C=C/COC(=O)OC)C(=O)O[C@H](/C(C)=C/[C@@H]3CC[C@@H](O[Si](C)(C)C(C)(C)C)[C@H](OC)C3)[C@H](C)[C@@H]3C[C@@H]1O[Si](C(C)C)(C(C)C)O[Si](C(C)C)(C(C)C)O3)[C@H](C)C[C@@H]2OC. The average molecular weight is 1250 g/mol. The number of Topliss-reactive ketones (excluding diaryl/α,β-unsaturated/α-hetero) is 1. The van der Waals surface area contributed by atoms with Crippen LogP contribution in [-0.2, 0) is 64.9 Å². The molecule has 3 fully saturated rings. The van der Waals surface area contributed by atoms with Crippen LogP contribution in [0.5, 0.6) is 0 Å². The number of hydrogen-bond acceptors (Lipinski definition) is 16. The summed E-state index contributed by atoms with van der Waals surface area (Å²) >= 11 is 0. The topological polar surface area (TPSA) is 202 Å². The summed E-state index contributed by atoms with van der Waals surface area (Å²) < 4.78 is 72.2. The summed E-state index contributed by atoms with van der Waals surface area (Å²) in [5.74, 6) is -7.11. The Bertz CT molecular complexity index is 2230. The van der Waals surface area contributed by atoms with Crippen LogP contribution in [0.3, 0.4) is 0 Å². The predicted molar refractivity (Wildman–Crippen MR) is 340 cm³/mol. The van der Waals surface area contributed by atoms with Gasteiger partial charge in [-0.15, -0.1) is 0 Å². The zero-order valence-electron chi connectivity index (χ0n) is 56.8. The monoisotopic (exact) mass is 1250 g/mol. The van der Waals surface area contributed by atoms with Crippen molar-refractivity contribution < 1.29 is 74.8 Å². The third-order valence-electron chi connectivity index (χ3n) is 19.5. The van der Waals surface area contributed by atoms with E-state index < -0.39 is 103 Å². The van der Waals surface area contributed by atoms with Crippen LogP contribution in [0.1, 0.15) is 188 Å². The number of hydrogen-bond donors (Lipinski definition) is 2. The van der Waals surface area contributed by atoms with Crippen LogP contribution in [0.15, 0.2) is 35.5 Å². The van der Waals surface area contributed by atoms with Gasteiger partial charge in [-0.2, -0.15) is 0 Å². The molecule has 3 heterocycles. The highest BCUT2D eigenvalue weighted by Gasteiger charge is 2.61. The van der Waals surface area contributed by atoms with Crippen LogP contribution in [0, 0.1) is 29.6 Å². The number of ketones is 1. The van der Waals surface area contributed by atoms with E-state index in [1.807, 2.05) is 6.92 Å². The first-order chi connectivity index (χ1) is 39.6. The van der Waals surface area contributed by atoms with Gasteiger partial charge >= 0.3 is 29.2 Å². The Morgan fingerprint density at radius 1 is 0.824 bits per heavy atom. The van der Waals surface area contributed by atoms with Gasteiger partial charge in [0.2, 0.25) is 5.79 Å². The highest BCUT2D eigenvalue weighted by atomic mass is 28.5. The summed E-state index contributed by atoms with van der Waals surface area (Å²) in [6, 6.07) is -1.36. The summed E-state index contributed by atoms with van der Waals surface area (Å²) in [7, 11) is -2.39. The molecule has 20 heteroatoms. The van der Waals surface area contributed by atoms with Crippen molar-refractivity contribution in [2.45, 2.75) is 289 Å². The number of methoxy groups -OCH3 is 4. The number of esters is 1. The van der Waals surface area contributed by atoms with Crippen molar-refractivity contribution in [1.82, 2.24) is 5.32 Å². The first-order valence-electron chi connectivity index (χ1n) is 32.1. The summed E-state index contributed by atoms with van der Waals surface area (Å²) in [6.07, 6.45) is 8.90. The number of cyclic esters (lactones) is 1. The molecule has 17 nitrogen and oxygen atoms in total. The first kappa shape index (κ1) is 74.9. The van der Waals surface area contributed by atoms with E-state index in [2.05, 4.69) is 139 Å². The maximum Gasteiger partial charge on any atom is 0.508 e.